The summed E-state index contributed by atoms with van der Waals surface area (Å²) in [5, 5.41) is 3.26. The molecule has 140 valence electrons. The van der Waals surface area contributed by atoms with Crippen LogP contribution >= 0.6 is 0 Å². The maximum atomic E-state index is 12.7. The summed E-state index contributed by atoms with van der Waals surface area (Å²) in [6.45, 7) is 3.94. The highest BCUT2D eigenvalue weighted by atomic mass is 16.1. The minimum absolute atomic E-state index is 0.128. The fraction of sp³-hybridized carbons (Fsp3) is 0.208. The molecule has 0 aliphatic heterocycles. The lowest BCUT2D eigenvalue weighted by Crippen LogP contribution is -2.22. The highest BCUT2D eigenvalue weighted by Gasteiger charge is 2.27. The smallest absolute Gasteiger partial charge is 0.227 e. The topological polar surface area (TPSA) is 54.9 Å². The number of aromatic nitrogens is 2. The van der Waals surface area contributed by atoms with Gasteiger partial charge in [0.05, 0.1) is 17.0 Å². The molecular formula is C24H23N3O. The van der Waals surface area contributed by atoms with E-state index in [4.69, 9.17) is 0 Å². The lowest BCUT2D eigenvalue weighted by Gasteiger charge is -2.22. The molecule has 0 spiro atoms. The van der Waals surface area contributed by atoms with Crippen LogP contribution in [0.25, 0.3) is 6.08 Å². The van der Waals surface area contributed by atoms with Crippen LogP contribution in [0.5, 0.6) is 0 Å². The Balaban J connectivity index is 1.58. The summed E-state index contributed by atoms with van der Waals surface area (Å²) in [5.74, 6) is 0.825. The van der Waals surface area contributed by atoms with E-state index in [-0.39, 0.29) is 11.7 Å². The molecule has 1 N–H and O–H groups in total. The zero-order valence-corrected chi connectivity index (χ0v) is 16.1. The maximum absolute atomic E-state index is 12.7. The van der Waals surface area contributed by atoms with Crippen molar-refractivity contribution >= 4 is 23.5 Å². The third-order valence-electron chi connectivity index (χ3n) is 5.01. The standard InChI is InChI=1S/C24H23N3O/c1-16-8-12-20(13-9-16)26-24-25-17(2)23-21(27-24)14-19(15-22(23)28)11-10-18-6-4-3-5-7-18/h3-13,19H,14-15H2,1-2H3,(H,25,26,27)/b11-10+/t19-/m0/s1. The van der Waals surface area contributed by atoms with Crippen molar-refractivity contribution in [1.82, 2.24) is 9.97 Å². The van der Waals surface area contributed by atoms with E-state index < -0.39 is 0 Å². The van der Waals surface area contributed by atoms with Gasteiger partial charge in [-0.25, -0.2) is 9.97 Å². The second kappa shape index (κ2) is 7.77. The van der Waals surface area contributed by atoms with Crippen LogP contribution < -0.4 is 5.32 Å². The van der Waals surface area contributed by atoms with Gasteiger partial charge in [-0.3, -0.25) is 4.79 Å². The van der Waals surface area contributed by atoms with Gasteiger partial charge in [-0.15, -0.1) is 0 Å². The molecule has 4 nitrogen and oxygen atoms in total. The van der Waals surface area contributed by atoms with E-state index >= 15 is 0 Å². The molecule has 4 heteroatoms. The number of nitrogens with one attached hydrogen (secondary N) is 1. The van der Waals surface area contributed by atoms with Crippen molar-refractivity contribution < 1.29 is 4.79 Å². The van der Waals surface area contributed by atoms with Crippen LogP contribution in [0, 0.1) is 19.8 Å². The van der Waals surface area contributed by atoms with E-state index in [9.17, 15) is 4.79 Å². The summed E-state index contributed by atoms with van der Waals surface area (Å²) in [7, 11) is 0. The first-order chi connectivity index (χ1) is 13.6. The van der Waals surface area contributed by atoms with Gasteiger partial charge in [0.2, 0.25) is 5.95 Å². The Morgan fingerprint density at radius 1 is 0.964 bits per heavy atom. The molecule has 0 bridgehead atoms. The normalized spacial score (nSPS) is 16.2. The molecule has 0 saturated carbocycles. The average Bonchev–Trinajstić information content (AvgIpc) is 2.68. The average molecular weight is 369 g/mol. The largest absolute Gasteiger partial charge is 0.324 e. The Hall–Kier alpha value is -3.27. The number of fused-ring (bicyclic) bond motifs is 1. The molecule has 0 unspecified atom stereocenters. The monoisotopic (exact) mass is 369 g/mol. The van der Waals surface area contributed by atoms with Gasteiger partial charge < -0.3 is 5.32 Å². The van der Waals surface area contributed by atoms with Crippen LogP contribution in [0.2, 0.25) is 0 Å². The van der Waals surface area contributed by atoms with Gasteiger partial charge in [0.25, 0.3) is 0 Å². The molecule has 3 aromatic rings. The Kier molecular flexibility index (Phi) is 5.02. The van der Waals surface area contributed by atoms with E-state index in [0.717, 1.165) is 29.1 Å². The Labute approximate surface area is 165 Å². The van der Waals surface area contributed by atoms with Crippen LogP contribution in [0.15, 0.2) is 60.7 Å². The second-order valence-electron chi connectivity index (χ2n) is 7.31. The van der Waals surface area contributed by atoms with Crippen molar-refractivity contribution in [3.8, 4) is 0 Å². The molecule has 0 saturated heterocycles. The number of hydrogen-bond acceptors (Lipinski definition) is 4. The van der Waals surface area contributed by atoms with Crippen molar-refractivity contribution in [1.29, 1.82) is 0 Å². The quantitative estimate of drug-likeness (QED) is 0.678. The first-order valence-corrected chi connectivity index (χ1v) is 9.56. The molecule has 1 aliphatic rings. The number of benzene rings is 2. The van der Waals surface area contributed by atoms with Gasteiger partial charge in [0.15, 0.2) is 5.78 Å². The van der Waals surface area contributed by atoms with Gasteiger partial charge in [0.1, 0.15) is 0 Å². The van der Waals surface area contributed by atoms with E-state index in [1.54, 1.807) is 0 Å². The lowest BCUT2D eigenvalue weighted by molar-refractivity contribution is 0.0957. The molecule has 4 rings (SSSR count). The predicted molar refractivity (Wildman–Crippen MR) is 113 cm³/mol. The van der Waals surface area contributed by atoms with Gasteiger partial charge in [-0.2, -0.15) is 0 Å². The maximum Gasteiger partial charge on any atom is 0.227 e. The second-order valence-corrected chi connectivity index (χ2v) is 7.31. The number of hydrogen-bond donors (Lipinski definition) is 1. The van der Waals surface area contributed by atoms with E-state index in [1.807, 2.05) is 49.4 Å². The van der Waals surface area contributed by atoms with Crippen LogP contribution in [0.4, 0.5) is 11.6 Å². The van der Waals surface area contributed by atoms with E-state index in [0.29, 0.717) is 17.9 Å². The molecule has 1 aliphatic carbocycles. The SMILES string of the molecule is Cc1ccc(Nc2nc(C)c3c(n2)C[C@H](/C=C/c2ccccc2)CC3=O)cc1. The molecule has 28 heavy (non-hydrogen) atoms. The molecule has 1 atom stereocenters. The number of Topliss-reactive ketones (excluding diaryl/α,β-unsaturated/α-hetero) is 1. The predicted octanol–water partition coefficient (Wildman–Crippen LogP) is 5.30. The number of aryl methyl sites for hydroxylation is 2. The van der Waals surface area contributed by atoms with Gasteiger partial charge in [-0.1, -0.05) is 60.2 Å². The Morgan fingerprint density at radius 3 is 2.46 bits per heavy atom. The summed E-state index contributed by atoms with van der Waals surface area (Å²) >= 11 is 0. The zero-order valence-electron chi connectivity index (χ0n) is 16.1. The third-order valence-corrected chi connectivity index (χ3v) is 5.01. The Morgan fingerprint density at radius 2 is 1.71 bits per heavy atom. The molecule has 0 radical (unpaired) electrons. The fourth-order valence-electron chi connectivity index (χ4n) is 3.57. The fourth-order valence-corrected chi connectivity index (χ4v) is 3.57. The number of rotatable bonds is 4. The molecule has 0 amide bonds. The number of nitrogens with zero attached hydrogens (tertiary/aromatic N) is 2. The minimum atomic E-state index is 0.128. The highest BCUT2D eigenvalue weighted by Crippen LogP contribution is 2.29. The van der Waals surface area contributed by atoms with Crippen LogP contribution in [-0.4, -0.2) is 15.8 Å². The summed E-state index contributed by atoms with van der Waals surface area (Å²) in [5.41, 5.74) is 5.55. The van der Waals surface area contributed by atoms with Crippen LogP contribution in [-0.2, 0) is 6.42 Å². The summed E-state index contributed by atoms with van der Waals surface area (Å²) in [6, 6.07) is 18.2. The van der Waals surface area contributed by atoms with Crippen molar-refractivity contribution in [2.75, 3.05) is 5.32 Å². The van der Waals surface area contributed by atoms with Crippen LogP contribution in [0.1, 0.15) is 39.3 Å². The van der Waals surface area contributed by atoms with Crippen molar-refractivity contribution in [2.24, 2.45) is 5.92 Å². The highest BCUT2D eigenvalue weighted by molar-refractivity contribution is 5.99. The van der Waals surface area contributed by atoms with Gasteiger partial charge in [0, 0.05) is 12.1 Å². The number of ketones is 1. The zero-order chi connectivity index (χ0) is 19.5. The minimum Gasteiger partial charge on any atom is -0.324 e. The number of anilines is 2. The number of allylic oxidation sites excluding steroid dienone is 1. The van der Waals surface area contributed by atoms with Crippen molar-refractivity contribution in [3.05, 3.63) is 88.8 Å². The van der Waals surface area contributed by atoms with Crippen molar-refractivity contribution in [3.63, 3.8) is 0 Å². The molecular weight excluding hydrogens is 346 g/mol. The molecule has 1 heterocycles. The summed E-state index contributed by atoms with van der Waals surface area (Å²) in [4.78, 5) is 21.9. The van der Waals surface area contributed by atoms with Crippen molar-refractivity contribution in [2.45, 2.75) is 26.7 Å². The molecule has 0 fully saturated rings. The van der Waals surface area contributed by atoms with Gasteiger partial charge in [-0.05, 0) is 43.9 Å². The molecule has 2 aromatic carbocycles. The lowest BCUT2D eigenvalue weighted by atomic mass is 9.85. The number of carbonyl (C=O) groups excluding carboxylic acids is 1. The third kappa shape index (κ3) is 4.01. The molecule has 1 aromatic heterocycles. The van der Waals surface area contributed by atoms with E-state index in [2.05, 4.69) is 46.5 Å². The number of carbonyl (C=O) groups is 1. The summed E-state index contributed by atoms with van der Waals surface area (Å²) in [6.07, 6.45) is 5.46. The Bertz CT molecular complexity index is 1020. The van der Waals surface area contributed by atoms with Crippen LogP contribution in [0.3, 0.4) is 0 Å². The van der Waals surface area contributed by atoms with E-state index in [1.165, 1.54) is 5.56 Å². The van der Waals surface area contributed by atoms with Gasteiger partial charge >= 0.3 is 0 Å². The summed E-state index contributed by atoms with van der Waals surface area (Å²) < 4.78 is 0. The first kappa shape index (κ1) is 18.1. The first-order valence-electron chi connectivity index (χ1n) is 9.56.